The molecule has 168 valence electrons. The van der Waals surface area contributed by atoms with Gasteiger partial charge in [0.1, 0.15) is 0 Å². The molecule has 0 radical (unpaired) electrons. The summed E-state index contributed by atoms with van der Waals surface area (Å²) in [5, 5.41) is 8.62. The van der Waals surface area contributed by atoms with Crippen LogP contribution in [0.15, 0.2) is 73.1 Å². The van der Waals surface area contributed by atoms with E-state index in [1.807, 2.05) is 47.4 Å². The van der Waals surface area contributed by atoms with Gasteiger partial charge in [-0.15, -0.1) is 0 Å². The van der Waals surface area contributed by atoms with Crippen molar-refractivity contribution in [3.63, 3.8) is 0 Å². The third kappa shape index (κ3) is 4.20. The number of hydrogen-bond donors (Lipinski definition) is 2. The smallest absolute Gasteiger partial charge is 0.267 e. The Balaban J connectivity index is 1.69. The molecule has 9 heteroatoms. The van der Waals surface area contributed by atoms with Crippen LogP contribution < -0.4 is 5.48 Å². The lowest BCUT2D eigenvalue weighted by Crippen LogP contribution is -2.58. The highest BCUT2D eigenvalue weighted by Gasteiger charge is 2.48. The van der Waals surface area contributed by atoms with Crippen LogP contribution in [0, 0.1) is 0 Å². The lowest BCUT2D eigenvalue weighted by atomic mass is 9.95. The van der Waals surface area contributed by atoms with Crippen LogP contribution in [0.5, 0.6) is 0 Å². The molecule has 4 rings (SSSR count). The van der Waals surface area contributed by atoms with Gasteiger partial charge < -0.3 is 4.74 Å². The highest BCUT2D eigenvalue weighted by atomic mass is 32.2. The van der Waals surface area contributed by atoms with E-state index in [1.165, 1.54) is 27.9 Å². The fraction of sp³-hybridized carbons (Fsp3) is 0.261. The van der Waals surface area contributed by atoms with Crippen LogP contribution in [0.1, 0.15) is 17.5 Å². The first-order chi connectivity index (χ1) is 15.5. The number of rotatable bonds is 6. The summed E-state index contributed by atoms with van der Waals surface area (Å²) in [6.07, 6.45) is 11.4. The van der Waals surface area contributed by atoms with Crippen LogP contribution in [0.25, 0.3) is 11.6 Å². The first-order valence-corrected chi connectivity index (χ1v) is 11.7. The minimum absolute atomic E-state index is 0.298. The summed E-state index contributed by atoms with van der Waals surface area (Å²) >= 11 is 0. The van der Waals surface area contributed by atoms with E-state index in [2.05, 4.69) is 0 Å². The zero-order chi connectivity index (χ0) is 22.6. The van der Waals surface area contributed by atoms with E-state index >= 15 is 0 Å². The van der Waals surface area contributed by atoms with Gasteiger partial charge in [-0.3, -0.25) is 18.9 Å². The van der Waals surface area contributed by atoms with Gasteiger partial charge in [-0.2, -0.15) is 0 Å². The molecular formula is C23H25N3O5S. The molecule has 0 saturated carbocycles. The number of aromatic nitrogens is 1. The highest BCUT2D eigenvalue weighted by molar-refractivity contribution is 7.91. The van der Waals surface area contributed by atoms with E-state index in [-0.39, 0.29) is 0 Å². The van der Waals surface area contributed by atoms with Gasteiger partial charge in [-0.05, 0) is 34.9 Å². The average molecular weight is 456 g/mol. The summed E-state index contributed by atoms with van der Waals surface area (Å²) in [6.45, 7) is 1.94. The number of hydrogen-bond acceptors (Lipinski definition) is 6. The van der Waals surface area contributed by atoms with Crippen molar-refractivity contribution < 1.29 is 23.2 Å². The van der Waals surface area contributed by atoms with Crippen LogP contribution in [0.2, 0.25) is 0 Å². The van der Waals surface area contributed by atoms with E-state index in [1.54, 1.807) is 12.1 Å². The quantitative estimate of drug-likeness (QED) is 0.394. The predicted octanol–water partition coefficient (Wildman–Crippen LogP) is 2.26. The van der Waals surface area contributed by atoms with Crippen molar-refractivity contribution in [2.24, 2.45) is 0 Å². The van der Waals surface area contributed by atoms with Gasteiger partial charge in [-0.1, -0.05) is 42.5 Å². The third-order valence-corrected chi connectivity index (χ3v) is 7.98. The van der Waals surface area contributed by atoms with Crippen molar-refractivity contribution in [3.8, 4) is 0 Å². The van der Waals surface area contributed by atoms with Crippen LogP contribution >= 0.6 is 0 Å². The molecule has 8 nitrogen and oxygen atoms in total. The lowest BCUT2D eigenvalue weighted by molar-refractivity contribution is -0.124. The zero-order valence-electron chi connectivity index (χ0n) is 17.4. The first kappa shape index (κ1) is 22.2. The molecular weight excluding hydrogens is 430 g/mol. The highest BCUT2D eigenvalue weighted by Crippen LogP contribution is 2.37. The van der Waals surface area contributed by atoms with Crippen molar-refractivity contribution >= 4 is 27.6 Å². The van der Waals surface area contributed by atoms with E-state index in [9.17, 15) is 13.2 Å². The lowest BCUT2D eigenvalue weighted by Gasteiger charge is -2.43. The van der Waals surface area contributed by atoms with Gasteiger partial charge in [0.25, 0.3) is 15.9 Å². The summed E-state index contributed by atoms with van der Waals surface area (Å²) < 4.78 is 34.5. The number of nitrogens with zero attached hydrogens (tertiary/aromatic N) is 2. The fourth-order valence-corrected chi connectivity index (χ4v) is 5.91. The largest absolute Gasteiger partial charge is 0.379 e. The molecule has 1 atom stereocenters. The molecule has 0 spiro atoms. The number of ether oxygens (including phenoxy) is 1. The molecule has 2 N–H and O–H groups in total. The van der Waals surface area contributed by atoms with Gasteiger partial charge in [-0.25, -0.2) is 13.9 Å². The summed E-state index contributed by atoms with van der Waals surface area (Å²) in [7, 11) is -3.88. The predicted molar refractivity (Wildman–Crippen MR) is 121 cm³/mol. The summed E-state index contributed by atoms with van der Waals surface area (Å²) in [5.41, 5.74) is 4.05. The van der Waals surface area contributed by atoms with E-state index in [0.29, 0.717) is 38.3 Å². The average Bonchev–Trinajstić information content (AvgIpc) is 3.33. The van der Waals surface area contributed by atoms with Gasteiger partial charge in [0.2, 0.25) is 0 Å². The standard InChI is InChI=1S/C23H25N3O5S/c27-22(24-28)7-6-19-10-13-26(18-19)32(29,30)23(25-14-16-31-17-15-25)11-8-21(9-12-23)20-4-2-1-3-5-20/h1-11,13,18,28H,12,14-17H2,(H,24,27). The number of morpholine rings is 1. The van der Waals surface area contributed by atoms with Crippen molar-refractivity contribution in [2.75, 3.05) is 26.3 Å². The number of carbonyl (C=O) groups is 1. The van der Waals surface area contributed by atoms with Gasteiger partial charge >= 0.3 is 0 Å². The number of benzene rings is 1. The minimum Gasteiger partial charge on any atom is -0.379 e. The van der Waals surface area contributed by atoms with E-state index < -0.39 is 20.8 Å². The van der Waals surface area contributed by atoms with Gasteiger partial charge in [0, 0.05) is 38.0 Å². The Morgan fingerprint density at radius 1 is 1.16 bits per heavy atom. The third-order valence-electron chi connectivity index (χ3n) is 5.74. The molecule has 1 amide bonds. The van der Waals surface area contributed by atoms with Crippen molar-refractivity contribution in [1.82, 2.24) is 14.4 Å². The molecule has 1 aliphatic carbocycles. The first-order valence-electron chi connectivity index (χ1n) is 10.3. The molecule has 2 aromatic rings. The summed E-state index contributed by atoms with van der Waals surface area (Å²) in [5.74, 6) is -0.695. The molecule has 2 aliphatic rings. The second-order valence-corrected chi connectivity index (χ2v) is 9.68. The van der Waals surface area contributed by atoms with Crippen LogP contribution in [0.3, 0.4) is 0 Å². The number of allylic oxidation sites excluding steroid dienone is 2. The Morgan fingerprint density at radius 3 is 2.56 bits per heavy atom. The second-order valence-electron chi connectivity index (χ2n) is 7.60. The van der Waals surface area contributed by atoms with Crippen LogP contribution in [-0.2, 0) is 19.6 Å². The Hall–Kier alpha value is -2.98. The van der Waals surface area contributed by atoms with Crippen LogP contribution in [0.4, 0.5) is 0 Å². The summed E-state index contributed by atoms with van der Waals surface area (Å²) in [6, 6.07) is 11.5. The molecule has 1 aromatic heterocycles. The number of amides is 1. The maximum Gasteiger partial charge on any atom is 0.267 e. The molecule has 0 bridgehead atoms. The minimum atomic E-state index is -3.88. The Bertz CT molecular complexity index is 1160. The maximum absolute atomic E-state index is 13.9. The topological polar surface area (TPSA) is 101 Å². The molecule has 1 saturated heterocycles. The number of nitrogens with one attached hydrogen (secondary N) is 1. The Kier molecular flexibility index (Phi) is 6.43. The molecule has 1 aliphatic heterocycles. The van der Waals surface area contributed by atoms with Crippen LogP contribution in [-0.4, -0.2) is 59.6 Å². The molecule has 1 fully saturated rings. The number of hydroxylamine groups is 1. The van der Waals surface area contributed by atoms with Crippen molar-refractivity contribution in [3.05, 3.63) is 84.2 Å². The van der Waals surface area contributed by atoms with E-state index in [4.69, 9.17) is 9.94 Å². The molecule has 1 aromatic carbocycles. The van der Waals surface area contributed by atoms with Crippen molar-refractivity contribution in [2.45, 2.75) is 11.3 Å². The monoisotopic (exact) mass is 455 g/mol. The molecule has 2 heterocycles. The Labute approximate surface area is 187 Å². The number of carbonyl (C=O) groups excluding carboxylic acids is 1. The Morgan fingerprint density at radius 2 is 1.91 bits per heavy atom. The molecule has 1 unspecified atom stereocenters. The second kappa shape index (κ2) is 9.25. The van der Waals surface area contributed by atoms with Crippen molar-refractivity contribution in [1.29, 1.82) is 0 Å². The zero-order valence-corrected chi connectivity index (χ0v) is 18.2. The normalized spacial score (nSPS) is 22.1. The van der Waals surface area contributed by atoms with E-state index in [0.717, 1.165) is 17.2 Å². The summed E-state index contributed by atoms with van der Waals surface area (Å²) in [4.78, 5) is 11.9. The molecule has 32 heavy (non-hydrogen) atoms. The van der Waals surface area contributed by atoms with Gasteiger partial charge in [0.15, 0.2) is 4.87 Å². The van der Waals surface area contributed by atoms with Gasteiger partial charge in [0.05, 0.1) is 13.2 Å². The maximum atomic E-state index is 13.9. The fourth-order valence-electron chi connectivity index (χ4n) is 4.02. The SMILES string of the molecule is O=C(C=Cc1ccn(S(=O)(=O)C2(N3CCOCC3)C=CC(c3ccccc3)=CC2)c1)NO.